The van der Waals surface area contributed by atoms with Gasteiger partial charge in [0.25, 0.3) is 0 Å². The van der Waals surface area contributed by atoms with Crippen LogP contribution in [0.1, 0.15) is 19.4 Å². The average Bonchev–Trinajstić information content (AvgIpc) is 2.10. The molecule has 0 heterocycles. The molecule has 81 valence electrons. The molecular weight excluding hydrogens is 200 g/mol. The Labute approximate surface area is 87.6 Å². The number of nitrogens with zero attached hydrogens (tertiary/aromatic N) is 1. The normalized spacial score (nSPS) is 11.3. The molecule has 0 amide bonds. The summed E-state index contributed by atoms with van der Waals surface area (Å²) in [6.45, 7) is 3.83. The van der Waals surface area contributed by atoms with Crippen LogP contribution in [0, 0.1) is 17.6 Å². The van der Waals surface area contributed by atoms with Gasteiger partial charge in [-0.25, -0.2) is 8.78 Å². The third-order valence-corrected chi connectivity index (χ3v) is 1.53. The van der Waals surface area contributed by atoms with Gasteiger partial charge in [0.1, 0.15) is 24.5 Å². The zero-order chi connectivity index (χ0) is 11.3. The molecule has 0 N–H and O–H groups in total. The standard InChI is InChI=1S/C11H12F2NO/c1-8(2)6-14-15-7-9-3-10(12)5-11(13)4-9/h3-5,8H,7H2,1-2H3. The molecule has 1 radical (unpaired) electrons. The Hall–Kier alpha value is -1.45. The number of halogens is 2. The van der Waals surface area contributed by atoms with Crippen molar-refractivity contribution in [2.24, 2.45) is 11.1 Å². The second-order valence-corrected chi connectivity index (χ2v) is 3.43. The number of hydrogen-bond acceptors (Lipinski definition) is 2. The van der Waals surface area contributed by atoms with Crippen molar-refractivity contribution in [3.05, 3.63) is 35.4 Å². The molecule has 0 spiro atoms. The van der Waals surface area contributed by atoms with Crippen molar-refractivity contribution in [3.8, 4) is 0 Å². The summed E-state index contributed by atoms with van der Waals surface area (Å²) in [4.78, 5) is 4.82. The first-order valence-electron chi connectivity index (χ1n) is 4.60. The fraction of sp³-hybridized carbons (Fsp3) is 0.364. The van der Waals surface area contributed by atoms with Gasteiger partial charge in [-0.05, 0) is 17.7 Å². The molecule has 2 nitrogen and oxygen atoms in total. The molecule has 15 heavy (non-hydrogen) atoms. The van der Waals surface area contributed by atoms with Crippen LogP contribution in [0.5, 0.6) is 0 Å². The minimum Gasteiger partial charge on any atom is -0.391 e. The van der Waals surface area contributed by atoms with Gasteiger partial charge in [0.2, 0.25) is 0 Å². The Morgan fingerprint density at radius 1 is 1.27 bits per heavy atom. The molecule has 0 aromatic heterocycles. The summed E-state index contributed by atoms with van der Waals surface area (Å²) in [6.07, 6.45) is 2.66. The summed E-state index contributed by atoms with van der Waals surface area (Å²) in [5.74, 6) is -1.08. The van der Waals surface area contributed by atoms with Crippen LogP contribution in [0.3, 0.4) is 0 Å². The fourth-order valence-corrected chi connectivity index (χ4v) is 0.944. The molecule has 1 aromatic carbocycles. The predicted molar refractivity (Wildman–Crippen MR) is 53.4 cm³/mol. The number of benzene rings is 1. The van der Waals surface area contributed by atoms with Gasteiger partial charge in [-0.2, -0.15) is 0 Å². The highest BCUT2D eigenvalue weighted by atomic mass is 19.1. The van der Waals surface area contributed by atoms with Crippen molar-refractivity contribution in [1.82, 2.24) is 0 Å². The molecule has 0 fully saturated rings. The molecule has 0 unspecified atom stereocenters. The van der Waals surface area contributed by atoms with Crippen molar-refractivity contribution in [1.29, 1.82) is 0 Å². The predicted octanol–water partition coefficient (Wildman–Crippen LogP) is 3.00. The van der Waals surface area contributed by atoms with Crippen molar-refractivity contribution >= 4 is 6.21 Å². The van der Waals surface area contributed by atoms with Crippen LogP contribution in [-0.4, -0.2) is 6.21 Å². The SMILES string of the molecule is CC(C)/[C]=N\OCc1cc(F)cc(F)c1. The lowest BCUT2D eigenvalue weighted by molar-refractivity contribution is 0.130. The van der Waals surface area contributed by atoms with E-state index in [1.165, 1.54) is 12.1 Å². The first-order chi connectivity index (χ1) is 7.08. The van der Waals surface area contributed by atoms with Crippen molar-refractivity contribution in [2.75, 3.05) is 0 Å². The topological polar surface area (TPSA) is 21.6 Å². The molecule has 0 saturated carbocycles. The molecule has 0 saturated heterocycles. The summed E-state index contributed by atoms with van der Waals surface area (Å²) in [6, 6.07) is 3.22. The van der Waals surface area contributed by atoms with Crippen LogP contribution < -0.4 is 0 Å². The first-order valence-corrected chi connectivity index (χ1v) is 4.60. The van der Waals surface area contributed by atoms with E-state index in [2.05, 4.69) is 11.4 Å². The van der Waals surface area contributed by atoms with Gasteiger partial charge in [0.05, 0.1) is 0 Å². The van der Waals surface area contributed by atoms with Crippen molar-refractivity contribution < 1.29 is 13.6 Å². The molecule has 0 aliphatic carbocycles. The van der Waals surface area contributed by atoms with Gasteiger partial charge in [0, 0.05) is 12.0 Å². The molecule has 4 heteroatoms. The highest BCUT2D eigenvalue weighted by Crippen LogP contribution is 2.08. The van der Waals surface area contributed by atoms with E-state index in [1.807, 2.05) is 13.8 Å². The second kappa shape index (κ2) is 5.44. The lowest BCUT2D eigenvalue weighted by Crippen LogP contribution is -1.93. The third-order valence-electron chi connectivity index (χ3n) is 1.53. The Bertz CT molecular complexity index is 330. The summed E-state index contributed by atoms with van der Waals surface area (Å²) >= 11 is 0. The molecule has 1 aromatic rings. The quantitative estimate of drug-likeness (QED) is 0.555. The molecule has 0 atom stereocenters. The monoisotopic (exact) mass is 212 g/mol. The van der Waals surface area contributed by atoms with Crippen LogP contribution >= 0.6 is 0 Å². The maximum absolute atomic E-state index is 12.7. The largest absolute Gasteiger partial charge is 0.391 e. The Kier molecular flexibility index (Phi) is 4.21. The molecule has 1 rings (SSSR count). The average molecular weight is 212 g/mol. The van der Waals surface area contributed by atoms with Crippen molar-refractivity contribution in [2.45, 2.75) is 20.5 Å². The van der Waals surface area contributed by atoms with E-state index < -0.39 is 11.6 Å². The van der Waals surface area contributed by atoms with Crippen LogP contribution in [0.25, 0.3) is 0 Å². The smallest absolute Gasteiger partial charge is 0.142 e. The summed E-state index contributed by atoms with van der Waals surface area (Å²) < 4.78 is 25.4. The van der Waals surface area contributed by atoms with Gasteiger partial charge >= 0.3 is 0 Å². The highest BCUT2D eigenvalue weighted by molar-refractivity contribution is 5.58. The van der Waals surface area contributed by atoms with Crippen LogP contribution in [0.15, 0.2) is 23.4 Å². The molecule has 0 aliphatic heterocycles. The Balaban J connectivity index is 2.50. The molecule has 0 aliphatic rings. The fourth-order valence-electron chi connectivity index (χ4n) is 0.944. The lowest BCUT2D eigenvalue weighted by Gasteiger charge is -2.00. The first kappa shape index (κ1) is 11.6. The minimum absolute atomic E-state index is 0.0361. The van der Waals surface area contributed by atoms with Crippen LogP contribution in [0.2, 0.25) is 0 Å². The molecular formula is C11H12F2NO. The van der Waals surface area contributed by atoms with Crippen LogP contribution in [-0.2, 0) is 11.4 Å². The Morgan fingerprint density at radius 3 is 2.40 bits per heavy atom. The third kappa shape index (κ3) is 4.54. The van der Waals surface area contributed by atoms with E-state index >= 15 is 0 Å². The van der Waals surface area contributed by atoms with Gasteiger partial charge in [0.15, 0.2) is 0 Å². The lowest BCUT2D eigenvalue weighted by atomic mass is 10.2. The molecule has 0 bridgehead atoms. The maximum Gasteiger partial charge on any atom is 0.142 e. The maximum atomic E-state index is 12.7. The summed E-state index contributed by atoms with van der Waals surface area (Å²) in [7, 11) is 0. The highest BCUT2D eigenvalue weighted by Gasteiger charge is 2.00. The van der Waals surface area contributed by atoms with Crippen molar-refractivity contribution in [3.63, 3.8) is 0 Å². The van der Waals surface area contributed by atoms with E-state index in [0.717, 1.165) is 6.07 Å². The van der Waals surface area contributed by atoms with Gasteiger partial charge in [-0.15, -0.1) is 0 Å². The summed E-state index contributed by atoms with van der Waals surface area (Å²) in [5, 5.41) is 3.53. The van der Waals surface area contributed by atoms with E-state index in [0.29, 0.717) is 5.56 Å². The van der Waals surface area contributed by atoms with E-state index in [9.17, 15) is 8.78 Å². The van der Waals surface area contributed by atoms with Gasteiger partial charge < -0.3 is 4.84 Å². The second-order valence-electron chi connectivity index (χ2n) is 3.43. The zero-order valence-corrected chi connectivity index (χ0v) is 8.63. The van der Waals surface area contributed by atoms with Crippen LogP contribution in [0.4, 0.5) is 8.78 Å². The van der Waals surface area contributed by atoms with Gasteiger partial charge in [-0.3, -0.25) is 0 Å². The Morgan fingerprint density at radius 2 is 1.87 bits per heavy atom. The summed E-state index contributed by atoms with van der Waals surface area (Å²) in [5.41, 5.74) is 0.404. The van der Waals surface area contributed by atoms with E-state index in [-0.39, 0.29) is 12.5 Å². The van der Waals surface area contributed by atoms with Gasteiger partial charge in [-0.1, -0.05) is 19.0 Å². The van der Waals surface area contributed by atoms with E-state index in [1.54, 1.807) is 0 Å². The number of hydrogen-bond donors (Lipinski definition) is 0. The minimum atomic E-state index is -0.620. The van der Waals surface area contributed by atoms with E-state index in [4.69, 9.17) is 4.84 Å². The zero-order valence-electron chi connectivity index (χ0n) is 8.63. The number of rotatable bonds is 4.